The van der Waals surface area contributed by atoms with Crippen molar-refractivity contribution in [2.45, 2.75) is 13.5 Å². The van der Waals surface area contributed by atoms with Gasteiger partial charge in [0.05, 0.1) is 12.9 Å². The zero-order chi connectivity index (χ0) is 16.4. The van der Waals surface area contributed by atoms with Crippen LogP contribution in [0.3, 0.4) is 0 Å². The molecule has 0 spiro atoms. The standard InChI is InChI=1S/C16H14ClN5O/c1-10(2)16(23)21-12-5-3-11(4-6-12)7-22-9-20-13-14(17)18-8-19-15(13)22/h3-6,8-9H,1,7H2,2H3,(H,21,23). The summed E-state index contributed by atoms with van der Waals surface area (Å²) < 4.78 is 1.89. The number of anilines is 1. The number of amides is 1. The van der Waals surface area contributed by atoms with Gasteiger partial charge in [-0.3, -0.25) is 4.79 Å². The van der Waals surface area contributed by atoms with E-state index in [-0.39, 0.29) is 5.91 Å². The third-order valence-corrected chi connectivity index (χ3v) is 3.59. The zero-order valence-corrected chi connectivity index (χ0v) is 13.2. The molecule has 6 nitrogen and oxygen atoms in total. The minimum absolute atomic E-state index is 0.190. The summed E-state index contributed by atoms with van der Waals surface area (Å²) in [6.07, 6.45) is 3.10. The first-order valence-electron chi connectivity index (χ1n) is 6.92. The Balaban J connectivity index is 1.79. The molecule has 0 fully saturated rings. The van der Waals surface area contributed by atoms with Crippen LogP contribution in [0.1, 0.15) is 12.5 Å². The monoisotopic (exact) mass is 327 g/mol. The Hall–Kier alpha value is -2.73. The Bertz CT molecular complexity index is 885. The fourth-order valence-electron chi connectivity index (χ4n) is 2.10. The summed E-state index contributed by atoms with van der Waals surface area (Å²) in [5.41, 5.74) is 3.51. The van der Waals surface area contributed by atoms with E-state index in [0.717, 1.165) is 11.3 Å². The van der Waals surface area contributed by atoms with Gasteiger partial charge in [-0.15, -0.1) is 0 Å². The number of halogens is 1. The molecule has 0 aliphatic heterocycles. The van der Waals surface area contributed by atoms with E-state index in [9.17, 15) is 4.79 Å². The summed E-state index contributed by atoms with van der Waals surface area (Å²) in [6, 6.07) is 7.56. The van der Waals surface area contributed by atoms with Gasteiger partial charge in [0.1, 0.15) is 11.8 Å². The van der Waals surface area contributed by atoms with Crippen LogP contribution in [0.5, 0.6) is 0 Å². The minimum Gasteiger partial charge on any atom is -0.322 e. The lowest BCUT2D eigenvalue weighted by molar-refractivity contribution is -0.112. The molecular weight excluding hydrogens is 314 g/mol. The second-order valence-corrected chi connectivity index (χ2v) is 5.50. The minimum atomic E-state index is -0.190. The van der Waals surface area contributed by atoms with Gasteiger partial charge in [0.2, 0.25) is 0 Å². The van der Waals surface area contributed by atoms with Gasteiger partial charge in [-0.1, -0.05) is 30.3 Å². The van der Waals surface area contributed by atoms with E-state index >= 15 is 0 Å². The molecular formula is C16H14ClN5O. The molecule has 3 rings (SSSR count). The van der Waals surface area contributed by atoms with Crippen LogP contribution in [0.25, 0.3) is 11.2 Å². The number of benzene rings is 1. The van der Waals surface area contributed by atoms with Gasteiger partial charge in [0.15, 0.2) is 10.8 Å². The number of carbonyl (C=O) groups excluding carboxylic acids is 1. The van der Waals surface area contributed by atoms with Gasteiger partial charge in [0.25, 0.3) is 5.91 Å². The van der Waals surface area contributed by atoms with Gasteiger partial charge >= 0.3 is 0 Å². The average Bonchev–Trinajstić information content (AvgIpc) is 2.94. The smallest absolute Gasteiger partial charge is 0.250 e. The molecule has 1 N–H and O–H groups in total. The molecule has 0 atom stereocenters. The molecule has 2 heterocycles. The molecule has 0 aliphatic rings. The van der Waals surface area contributed by atoms with Crippen molar-refractivity contribution < 1.29 is 4.79 Å². The van der Waals surface area contributed by atoms with Gasteiger partial charge in [-0.25, -0.2) is 15.0 Å². The largest absolute Gasteiger partial charge is 0.322 e. The van der Waals surface area contributed by atoms with Crippen LogP contribution in [0.4, 0.5) is 5.69 Å². The second kappa shape index (κ2) is 6.18. The predicted molar refractivity (Wildman–Crippen MR) is 89.3 cm³/mol. The van der Waals surface area contributed by atoms with Crippen LogP contribution in [0.2, 0.25) is 5.15 Å². The Kier molecular flexibility index (Phi) is 4.08. The van der Waals surface area contributed by atoms with Crippen molar-refractivity contribution in [1.82, 2.24) is 19.5 Å². The van der Waals surface area contributed by atoms with Crippen LogP contribution in [0.15, 0.2) is 49.1 Å². The van der Waals surface area contributed by atoms with Gasteiger partial charge in [-0.05, 0) is 24.6 Å². The number of imidazole rings is 1. The lowest BCUT2D eigenvalue weighted by atomic mass is 10.2. The molecule has 0 saturated carbocycles. The average molecular weight is 328 g/mol. The van der Waals surface area contributed by atoms with Crippen molar-refractivity contribution in [1.29, 1.82) is 0 Å². The van der Waals surface area contributed by atoms with Crippen LogP contribution in [0, 0.1) is 0 Å². The van der Waals surface area contributed by atoms with E-state index in [1.54, 1.807) is 13.3 Å². The Morgan fingerprint density at radius 1 is 1.26 bits per heavy atom. The van der Waals surface area contributed by atoms with Crippen molar-refractivity contribution in [3.05, 3.63) is 59.8 Å². The van der Waals surface area contributed by atoms with E-state index in [1.807, 2.05) is 28.8 Å². The fraction of sp³-hybridized carbons (Fsp3) is 0.125. The number of carbonyl (C=O) groups is 1. The number of nitrogens with one attached hydrogen (secondary N) is 1. The summed E-state index contributed by atoms with van der Waals surface area (Å²) in [5, 5.41) is 3.11. The number of aromatic nitrogens is 4. The molecule has 1 aromatic carbocycles. The van der Waals surface area contributed by atoms with E-state index in [2.05, 4.69) is 26.8 Å². The van der Waals surface area contributed by atoms with Crippen LogP contribution in [-0.4, -0.2) is 25.4 Å². The van der Waals surface area contributed by atoms with Crippen molar-refractivity contribution in [2.75, 3.05) is 5.32 Å². The quantitative estimate of drug-likeness (QED) is 0.590. The maximum Gasteiger partial charge on any atom is 0.250 e. The summed E-state index contributed by atoms with van der Waals surface area (Å²) >= 11 is 5.99. The highest BCUT2D eigenvalue weighted by atomic mass is 35.5. The van der Waals surface area contributed by atoms with Crippen LogP contribution < -0.4 is 5.32 Å². The molecule has 23 heavy (non-hydrogen) atoms. The SMILES string of the molecule is C=C(C)C(=O)Nc1ccc(Cn2cnc3c(Cl)ncnc32)cc1. The van der Waals surface area contributed by atoms with E-state index in [0.29, 0.717) is 28.4 Å². The van der Waals surface area contributed by atoms with E-state index in [4.69, 9.17) is 11.6 Å². The molecule has 0 radical (unpaired) electrons. The highest BCUT2D eigenvalue weighted by Gasteiger charge is 2.09. The first-order chi connectivity index (χ1) is 11.0. The summed E-state index contributed by atoms with van der Waals surface area (Å²) in [5.74, 6) is -0.190. The number of hydrogen-bond acceptors (Lipinski definition) is 4. The lowest BCUT2D eigenvalue weighted by Crippen LogP contribution is -2.11. The third kappa shape index (κ3) is 3.22. The Morgan fingerprint density at radius 3 is 2.70 bits per heavy atom. The van der Waals surface area contributed by atoms with Gasteiger partial charge in [0, 0.05) is 11.3 Å². The van der Waals surface area contributed by atoms with Crippen molar-refractivity contribution >= 4 is 34.4 Å². The molecule has 1 amide bonds. The van der Waals surface area contributed by atoms with Gasteiger partial charge in [-0.2, -0.15) is 0 Å². The normalized spacial score (nSPS) is 10.7. The second-order valence-electron chi connectivity index (χ2n) is 5.14. The summed E-state index contributed by atoms with van der Waals surface area (Å²) in [6.45, 7) is 5.87. The molecule has 0 unspecified atom stereocenters. The number of nitrogens with zero attached hydrogens (tertiary/aromatic N) is 4. The van der Waals surface area contributed by atoms with Crippen molar-refractivity contribution in [3.63, 3.8) is 0 Å². The maximum atomic E-state index is 11.6. The van der Waals surface area contributed by atoms with E-state index < -0.39 is 0 Å². The number of fused-ring (bicyclic) bond motifs is 1. The molecule has 0 aliphatic carbocycles. The van der Waals surface area contributed by atoms with Crippen LogP contribution >= 0.6 is 11.6 Å². The Labute approximate surface area is 137 Å². The van der Waals surface area contributed by atoms with Gasteiger partial charge < -0.3 is 9.88 Å². The first-order valence-corrected chi connectivity index (χ1v) is 7.29. The third-order valence-electron chi connectivity index (χ3n) is 3.31. The Morgan fingerprint density at radius 2 is 2.00 bits per heavy atom. The lowest BCUT2D eigenvalue weighted by Gasteiger charge is -2.07. The zero-order valence-electron chi connectivity index (χ0n) is 12.5. The topological polar surface area (TPSA) is 72.7 Å². The number of rotatable bonds is 4. The molecule has 2 aromatic heterocycles. The first kappa shape index (κ1) is 15.2. The fourth-order valence-corrected chi connectivity index (χ4v) is 2.27. The highest BCUT2D eigenvalue weighted by Crippen LogP contribution is 2.18. The molecule has 0 bridgehead atoms. The van der Waals surface area contributed by atoms with Crippen molar-refractivity contribution in [2.24, 2.45) is 0 Å². The molecule has 7 heteroatoms. The maximum absolute atomic E-state index is 11.6. The molecule has 3 aromatic rings. The highest BCUT2D eigenvalue weighted by molar-refractivity contribution is 6.33. The predicted octanol–water partition coefficient (Wildman–Crippen LogP) is 3.04. The summed E-state index contributed by atoms with van der Waals surface area (Å²) in [4.78, 5) is 23.9. The molecule has 0 saturated heterocycles. The van der Waals surface area contributed by atoms with Crippen LogP contribution in [-0.2, 0) is 11.3 Å². The van der Waals surface area contributed by atoms with E-state index in [1.165, 1.54) is 6.33 Å². The summed E-state index contributed by atoms with van der Waals surface area (Å²) in [7, 11) is 0. The number of hydrogen-bond donors (Lipinski definition) is 1. The van der Waals surface area contributed by atoms with Crippen molar-refractivity contribution in [3.8, 4) is 0 Å². The molecule has 116 valence electrons.